The molecule has 288 valence electrons. The van der Waals surface area contributed by atoms with Gasteiger partial charge < -0.3 is 40.6 Å². The SMILES string of the molecule is CCOCc1nc2c(NC(=O)OCc3ccc(NC(=O)[C@H](CCCNC(N)=O)CC(=O)C4(C(=O)O)CCC4)cc3)nc3ccccc3c2n1CC(C)(C)O. The van der Waals surface area contributed by atoms with E-state index in [0.29, 0.717) is 53.1 Å². The van der Waals surface area contributed by atoms with Crippen molar-refractivity contribution in [1.82, 2.24) is 19.9 Å². The molecule has 1 atom stereocenters. The normalized spacial score (nSPS) is 14.2. The molecule has 0 saturated heterocycles. The number of carbonyl (C=O) groups is 5. The summed E-state index contributed by atoms with van der Waals surface area (Å²) >= 11 is 0. The summed E-state index contributed by atoms with van der Waals surface area (Å²) in [6.45, 7) is 6.23. The molecule has 4 aromatic rings. The van der Waals surface area contributed by atoms with Gasteiger partial charge in [-0.1, -0.05) is 36.8 Å². The molecule has 4 amide bonds. The van der Waals surface area contributed by atoms with E-state index < -0.39 is 46.7 Å². The molecule has 1 fully saturated rings. The van der Waals surface area contributed by atoms with Crippen molar-refractivity contribution in [1.29, 1.82) is 0 Å². The van der Waals surface area contributed by atoms with Crippen LogP contribution in [0.1, 0.15) is 70.7 Å². The van der Waals surface area contributed by atoms with Gasteiger partial charge in [-0.2, -0.15) is 0 Å². The van der Waals surface area contributed by atoms with Crippen LogP contribution in [-0.4, -0.2) is 73.3 Å². The quantitative estimate of drug-likeness (QED) is 0.0594. The minimum absolute atomic E-state index is 0.110. The van der Waals surface area contributed by atoms with E-state index in [4.69, 9.17) is 20.2 Å². The highest BCUT2D eigenvalue weighted by atomic mass is 16.5. The number of nitrogens with one attached hydrogen (secondary N) is 3. The largest absolute Gasteiger partial charge is 0.480 e. The number of carbonyl (C=O) groups excluding carboxylic acids is 4. The summed E-state index contributed by atoms with van der Waals surface area (Å²) in [5.74, 6) is -2.20. The third kappa shape index (κ3) is 9.48. The molecular formula is C38H47N7O9. The number of ether oxygens (including phenoxy) is 2. The maximum atomic E-state index is 13.3. The number of hydrogen-bond acceptors (Lipinski definition) is 10. The molecule has 7 N–H and O–H groups in total. The number of benzene rings is 2. The van der Waals surface area contributed by atoms with Gasteiger partial charge in [-0.3, -0.25) is 19.7 Å². The molecule has 0 radical (unpaired) electrons. The first-order valence-electron chi connectivity index (χ1n) is 17.9. The first-order valence-corrected chi connectivity index (χ1v) is 17.9. The van der Waals surface area contributed by atoms with E-state index in [1.165, 1.54) is 0 Å². The van der Waals surface area contributed by atoms with Crippen molar-refractivity contribution < 1.29 is 43.7 Å². The van der Waals surface area contributed by atoms with Crippen LogP contribution in [0.25, 0.3) is 21.9 Å². The number of aliphatic carboxylic acids is 1. The van der Waals surface area contributed by atoms with Gasteiger partial charge in [0.15, 0.2) is 11.6 Å². The Morgan fingerprint density at radius 2 is 1.74 bits per heavy atom. The van der Waals surface area contributed by atoms with Crippen LogP contribution in [0.5, 0.6) is 0 Å². The lowest BCUT2D eigenvalue weighted by molar-refractivity contribution is -0.161. The Kier molecular flexibility index (Phi) is 12.5. The number of para-hydroxylation sites is 1. The van der Waals surface area contributed by atoms with Gasteiger partial charge in [0.25, 0.3) is 0 Å². The van der Waals surface area contributed by atoms with E-state index in [2.05, 4.69) is 20.9 Å². The molecule has 16 heteroatoms. The van der Waals surface area contributed by atoms with Crippen LogP contribution in [0.4, 0.5) is 21.1 Å². The number of carboxylic acid groups (broad SMARTS) is 1. The maximum absolute atomic E-state index is 13.3. The van der Waals surface area contributed by atoms with Crippen molar-refractivity contribution in [2.75, 3.05) is 23.8 Å². The molecule has 2 aromatic heterocycles. The highest BCUT2D eigenvalue weighted by molar-refractivity contribution is 6.09. The lowest BCUT2D eigenvalue weighted by Gasteiger charge is -2.36. The minimum atomic E-state index is -1.46. The number of pyridine rings is 1. The molecule has 54 heavy (non-hydrogen) atoms. The summed E-state index contributed by atoms with van der Waals surface area (Å²) in [4.78, 5) is 71.9. The van der Waals surface area contributed by atoms with Crippen LogP contribution in [0.3, 0.4) is 0 Å². The van der Waals surface area contributed by atoms with E-state index in [-0.39, 0.29) is 57.8 Å². The Hall–Kier alpha value is -5.61. The number of nitrogens with zero attached hydrogens (tertiary/aromatic N) is 3. The summed E-state index contributed by atoms with van der Waals surface area (Å²) in [7, 11) is 0. The summed E-state index contributed by atoms with van der Waals surface area (Å²) in [6.07, 6.45) is 0.666. The fraction of sp³-hybridized carbons (Fsp3) is 0.447. The average molecular weight is 746 g/mol. The summed E-state index contributed by atoms with van der Waals surface area (Å²) in [5, 5.41) is 29.2. The van der Waals surface area contributed by atoms with Crippen molar-refractivity contribution in [3.63, 3.8) is 0 Å². The molecule has 16 nitrogen and oxygen atoms in total. The Balaban J connectivity index is 1.25. The Morgan fingerprint density at radius 1 is 1.02 bits per heavy atom. The van der Waals surface area contributed by atoms with Gasteiger partial charge in [-0.25, -0.2) is 19.6 Å². The highest BCUT2D eigenvalue weighted by Crippen LogP contribution is 2.44. The number of ketones is 1. The number of urea groups is 1. The second-order valence-corrected chi connectivity index (χ2v) is 14.1. The molecule has 0 spiro atoms. The lowest BCUT2D eigenvalue weighted by atomic mass is 9.64. The monoisotopic (exact) mass is 745 g/mol. The second kappa shape index (κ2) is 17.0. The predicted octanol–water partition coefficient (Wildman–Crippen LogP) is 4.86. The first-order chi connectivity index (χ1) is 25.7. The molecular weight excluding hydrogens is 698 g/mol. The van der Waals surface area contributed by atoms with Crippen LogP contribution in [0.15, 0.2) is 48.5 Å². The van der Waals surface area contributed by atoms with Gasteiger partial charge in [0.05, 0.1) is 23.2 Å². The van der Waals surface area contributed by atoms with Gasteiger partial charge in [-0.15, -0.1) is 0 Å². The number of aromatic nitrogens is 3. The van der Waals surface area contributed by atoms with Crippen LogP contribution < -0.4 is 21.7 Å². The van der Waals surface area contributed by atoms with E-state index in [1.807, 2.05) is 35.8 Å². The molecule has 1 saturated carbocycles. The smallest absolute Gasteiger partial charge is 0.413 e. The number of fused-ring (bicyclic) bond motifs is 3. The number of aliphatic hydroxyl groups is 1. The zero-order chi connectivity index (χ0) is 39.0. The summed E-state index contributed by atoms with van der Waals surface area (Å²) in [6, 6.07) is 13.3. The number of amides is 4. The molecule has 2 aromatic carbocycles. The van der Waals surface area contributed by atoms with Crippen molar-refractivity contribution in [3.05, 3.63) is 59.9 Å². The van der Waals surface area contributed by atoms with Gasteiger partial charge in [-0.05, 0) is 70.2 Å². The summed E-state index contributed by atoms with van der Waals surface area (Å²) < 4.78 is 13.1. The van der Waals surface area contributed by atoms with Gasteiger partial charge in [0, 0.05) is 36.6 Å². The molecule has 0 aliphatic heterocycles. The molecule has 2 heterocycles. The van der Waals surface area contributed by atoms with Crippen molar-refractivity contribution in [2.45, 2.75) is 84.7 Å². The van der Waals surface area contributed by atoms with Crippen LogP contribution in [0, 0.1) is 11.3 Å². The minimum Gasteiger partial charge on any atom is -0.480 e. The van der Waals surface area contributed by atoms with E-state index in [0.717, 1.165) is 5.39 Å². The molecule has 5 rings (SSSR count). The number of anilines is 2. The van der Waals surface area contributed by atoms with Crippen LogP contribution in [-0.2, 0) is 43.6 Å². The fourth-order valence-electron chi connectivity index (χ4n) is 6.49. The number of rotatable bonds is 18. The van der Waals surface area contributed by atoms with Gasteiger partial charge in [0.1, 0.15) is 30.0 Å². The fourth-order valence-corrected chi connectivity index (χ4v) is 6.49. The van der Waals surface area contributed by atoms with Crippen molar-refractivity contribution >= 4 is 63.2 Å². The van der Waals surface area contributed by atoms with Crippen LogP contribution >= 0.6 is 0 Å². The molecule has 1 aliphatic carbocycles. The van der Waals surface area contributed by atoms with Gasteiger partial charge in [0.2, 0.25) is 5.91 Å². The van der Waals surface area contributed by atoms with Gasteiger partial charge >= 0.3 is 18.1 Å². The van der Waals surface area contributed by atoms with E-state index >= 15 is 0 Å². The third-order valence-electron chi connectivity index (χ3n) is 9.44. The number of nitrogens with two attached hydrogens (primary N) is 1. The van der Waals surface area contributed by atoms with Crippen molar-refractivity contribution in [2.24, 2.45) is 17.1 Å². The zero-order valence-electron chi connectivity index (χ0n) is 30.6. The van der Waals surface area contributed by atoms with Crippen molar-refractivity contribution in [3.8, 4) is 0 Å². The number of Topliss-reactive ketones (excluding diaryl/α,β-unsaturated/α-hetero) is 1. The topological polar surface area (TPSA) is 237 Å². The Morgan fingerprint density at radius 3 is 2.37 bits per heavy atom. The number of imidazole rings is 1. The van der Waals surface area contributed by atoms with E-state index in [9.17, 15) is 34.2 Å². The predicted molar refractivity (Wildman–Crippen MR) is 199 cm³/mol. The summed E-state index contributed by atoms with van der Waals surface area (Å²) in [5.41, 5.74) is 5.34. The molecule has 0 unspecified atom stereocenters. The molecule has 1 aliphatic rings. The Labute approximate surface area is 311 Å². The zero-order valence-corrected chi connectivity index (χ0v) is 30.6. The maximum Gasteiger partial charge on any atom is 0.413 e. The first kappa shape index (κ1) is 39.6. The highest BCUT2D eigenvalue weighted by Gasteiger charge is 2.51. The third-order valence-corrected chi connectivity index (χ3v) is 9.44. The Bertz CT molecular complexity index is 2020. The number of primary amides is 1. The van der Waals surface area contributed by atoms with E-state index in [1.54, 1.807) is 38.1 Å². The average Bonchev–Trinajstić information content (AvgIpc) is 3.44. The standard InChI is InChI=1S/C38H47N7O9/c1-4-53-21-29-43-30-31(45(29)22-37(2,3)52)26-10-5-6-11-27(26)42-32(30)44-36(51)54-20-23-12-14-25(15-13-23)41-33(47)24(9-7-18-40-35(39)50)19-28(46)38(34(48)49)16-8-17-38/h5-6,10-15,24,52H,4,7-9,16-22H2,1-3H3,(H,41,47)(H,48,49)(H3,39,40,50)(H,42,44,51)/t24-/m1/s1. The number of carboxylic acids is 1. The van der Waals surface area contributed by atoms with Crippen LogP contribution in [0.2, 0.25) is 0 Å². The molecule has 0 bridgehead atoms. The number of hydrogen-bond donors (Lipinski definition) is 6. The second-order valence-electron chi connectivity index (χ2n) is 14.1. The lowest BCUT2D eigenvalue weighted by Crippen LogP contribution is -2.46.